The van der Waals surface area contributed by atoms with E-state index in [1.54, 1.807) is 7.11 Å². The summed E-state index contributed by atoms with van der Waals surface area (Å²) in [4.78, 5) is 10.5. The van der Waals surface area contributed by atoms with E-state index in [0.29, 0.717) is 0 Å². The molecule has 0 aliphatic heterocycles. The van der Waals surface area contributed by atoms with Gasteiger partial charge in [-0.2, -0.15) is 0 Å². The van der Waals surface area contributed by atoms with Crippen molar-refractivity contribution in [2.24, 2.45) is 0 Å². The van der Waals surface area contributed by atoms with Crippen molar-refractivity contribution in [1.29, 1.82) is 0 Å². The van der Waals surface area contributed by atoms with Crippen molar-refractivity contribution in [2.75, 3.05) is 12.4 Å². The Morgan fingerprint density at radius 3 is 2.84 bits per heavy atom. The number of halogens is 2. The lowest BCUT2D eigenvalue weighted by atomic mass is 10.2. The maximum atomic E-state index is 13.5. The number of hydrogen-bond acceptors (Lipinski definition) is 4. The van der Waals surface area contributed by atoms with Gasteiger partial charge in [-0.25, -0.2) is 4.39 Å². The van der Waals surface area contributed by atoms with Crippen LogP contribution in [0.1, 0.15) is 19.3 Å². The van der Waals surface area contributed by atoms with Crippen LogP contribution in [-0.2, 0) is 4.74 Å². The fourth-order valence-electron chi connectivity index (χ4n) is 2.31. The zero-order chi connectivity index (χ0) is 14.0. The second-order valence-corrected chi connectivity index (χ2v) is 5.41. The Hall–Kier alpha value is -1.21. The molecule has 0 heterocycles. The molecule has 19 heavy (non-hydrogen) atoms. The second kappa shape index (κ2) is 5.83. The van der Waals surface area contributed by atoms with Crippen molar-refractivity contribution in [3.8, 4) is 0 Å². The van der Waals surface area contributed by atoms with Gasteiger partial charge in [0.1, 0.15) is 11.5 Å². The SMILES string of the molecule is COC1CCC(Nc2cc(F)c(Br)cc2[N+](=O)[O-])C1. The molecule has 104 valence electrons. The van der Waals surface area contributed by atoms with E-state index in [1.807, 2.05) is 0 Å². The molecule has 1 N–H and O–H groups in total. The highest BCUT2D eigenvalue weighted by atomic mass is 79.9. The van der Waals surface area contributed by atoms with Crippen LogP contribution >= 0.6 is 15.9 Å². The highest BCUT2D eigenvalue weighted by Crippen LogP contribution is 2.33. The topological polar surface area (TPSA) is 64.4 Å². The Labute approximate surface area is 118 Å². The molecule has 0 spiro atoms. The first-order valence-corrected chi connectivity index (χ1v) is 6.73. The van der Waals surface area contributed by atoms with Gasteiger partial charge in [-0.15, -0.1) is 0 Å². The third-order valence-corrected chi connectivity index (χ3v) is 3.92. The standard InChI is InChI=1S/C12H14BrFN2O3/c1-19-8-3-2-7(4-8)15-11-6-10(14)9(13)5-12(11)16(17)18/h5-8,15H,2-4H2,1H3. The quantitative estimate of drug-likeness (QED) is 0.677. The summed E-state index contributed by atoms with van der Waals surface area (Å²) in [6, 6.07) is 2.41. The van der Waals surface area contributed by atoms with Crippen LogP contribution < -0.4 is 5.32 Å². The average Bonchev–Trinajstić information content (AvgIpc) is 2.81. The first-order valence-electron chi connectivity index (χ1n) is 5.94. The van der Waals surface area contributed by atoms with E-state index in [-0.39, 0.29) is 28.0 Å². The lowest BCUT2D eigenvalue weighted by molar-refractivity contribution is -0.384. The van der Waals surface area contributed by atoms with Gasteiger partial charge in [-0.1, -0.05) is 0 Å². The minimum absolute atomic E-state index is 0.0734. The summed E-state index contributed by atoms with van der Waals surface area (Å²) in [6.07, 6.45) is 2.69. The molecule has 5 nitrogen and oxygen atoms in total. The molecule has 7 heteroatoms. The first kappa shape index (κ1) is 14.2. The van der Waals surface area contributed by atoms with E-state index < -0.39 is 10.7 Å². The number of nitrogens with zero attached hydrogens (tertiary/aromatic N) is 1. The summed E-state index contributed by atoms with van der Waals surface area (Å²) in [7, 11) is 1.65. The molecule has 1 fully saturated rings. The van der Waals surface area contributed by atoms with Gasteiger partial charge in [-0.05, 0) is 35.2 Å². The molecule has 2 rings (SSSR count). The molecular weight excluding hydrogens is 319 g/mol. The Bertz CT molecular complexity index is 498. The van der Waals surface area contributed by atoms with E-state index in [4.69, 9.17) is 4.74 Å². The predicted octanol–water partition coefficient (Wildman–Crippen LogP) is 3.48. The molecular formula is C12H14BrFN2O3. The second-order valence-electron chi connectivity index (χ2n) is 4.55. The fourth-order valence-corrected chi connectivity index (χ4v) is 2.64. The van der Waals surface area contributed by atoms with Crippen LogP contribution in [-0.4, -0.2) is 24.2 Å². The normalized spacial score (nSPS) is 22.5. The van der Waals surface area contributed by atoms with E-state index in [1.165, 1.54) is 6.07 Å². The Kier molecular flexibility index (Phi) is 4.36. The van der Waals surface area contributed by atoms with Gasteiger partial charge in [0.25, 0.3) is 5.69 Å². The molecule has 1 saturated carbocycles. The van der Waals surface area contributed by atoms with Crippen LogP contribution in [0.2, 0.25) is 0 Å². The van der Waals surface area contributed by atoms with Gasteiger partial charge >= 0.3 is 0 Å². The highest BCUT2D eigenvalue weighted by Gasteiger charge is 2.27. The van der Waals surface area contributed by atoms with E-state index in [2.05, 4.69) is 21.2 Å². The van der Waals surface area contributed by atoms with Gasteiger partial charge in [0.15, 0.2) is 0 Å². The minimum Gasteiger partial charge on any atom is -0.381 e. The summed E-state index contributed by atoms with van der Waals surface area (Å²) in [5, 5.41) is 14.0. The first-order chi connectivity index (χ1) is 9.01. The number of anilines is 1. The van der Waals surface area contributed by atoms with Gasteiger partial charge in [-0.3, -0.25) is 10.1 Å². The smallest absolute Gasteiger partial charge is 0.293 e. The van der Waals surface area contributed by atoms with E-state index in [9.17, 15) is 14.5 Å². The van der Waals surface area contributed by atoms with Crippen LogP contribution in [0, 0.1) is 15.9 Å². The zero-order valence-corrected chi connectivity index (χ0v) is 11.9. The van der Waals surface area contributed by atoms with Crippen LogP contribution in [0.15, 0.2) is 16.6 Å². The lowest BCUT2D eigenvalue weighted by Crippen LogP contribution is -2.18. The minimum atomic E-state index is -0.519. The molecule has 1 aromatic carbocycles. The molecule has 1 aliphatic rings. The number of nitro benzene ring substituents is 1. The number of rotatable bonds is 4. The van der Waals surface area contributed by atoms with Crippen molar-refractivity contribution in [1.82, 2.24) is 0 Å². The Morgan fingerprint density at radius 2 is 2.26 bits per heavy atom. The van der Waals surface area contributed by atoms with Crippen molar-refractivity contribution < 1.29 is 14.1 Å². The van der Waals surface area contributed by atoms with Crippen molar-refractivity contribution in [3.63, 3.8) is 0 Å². The monoisotopic (exact) mass is 332 g/mol. The Balaban J connectivity index is 2.20. The molecule has 2 atom stereocenters. The highest BCUT2D eigenvalue weighted by molar-refractivity contribution is 9.10. The number of hydrogen-bond donors (Lipinski definition) is 1. The third kappa shape index (κ3) is 3.22. The Morgan fingerprint density at radius 1 is 1.53 bits per heavy atom. The lowest BCUT2D eigenvalue weighted by Gasteiger charge is -2.14. The van der Waals surface area contributed by atoms with Crippen LogP contribution in [0.4, 0.5) is 15.8 Å². The molecule has 2 unspecified atom stereocenters. The number of methoxy groups -OCH3 is 1. The largest absolute Gasteiger partial charge is 0.381 e. The number of ether oxygens (including phenoxy) is 1. The number of nitro groups is 1. The number of nitrogens with one attached hydrogen (secondary N) is 1. The van der Waals surface area contributed by atoms with Crippen molar-refractivity contribution in [2.45, 2.75) is 31.4 Å². The number of benzene rings is 1. The van der Waals surface area contributed by atoms with Crippen molar-refractivity contribution >= 4 is 27.3 Å². The van der Waals surface area contributed by atoms with Crippen LogP contribution in [0.3, 0.4) is 0 Å². The molecule has 1 aromatic rings. The maximum absolute atomic E-state index is 13.5. The van der Waals surface area contributed by atoms with Crippen molar-refractivity contribution in [3.05, 3.63) is 32.5 Å². The van der Waals surface area contributed by atoms with E-state index in [0.717, 1.165) is 25.3 Å². The summed E-state index contributed by atoms with van der Waals surface area (Å²) in [5.74, 6) is -0.519. The molecule has 0 radical (unpaired) electrons. The third-order valence-electron chi connectivity index (χ3n) is 3.31. The molecule has 0 amide bonds. The van der Waals surface area contributed by atoms with Crippen LogP contribution in [0.25, 0.3) is 0 Å². The summed E-state index contributed by atoms with van der Waals surface area (Å²) < 4.78 is 18.8. The molecule has 0 aromatic heterocycles. The average molecular weight is 333 g/mol. The summed E-state index contributed by atoms with van der Waals surface area (Å²) in [5.41, 5.74) is 0.0848. The molecule has 0 bridgehead atoms. The van der Waals surface area contributed by atoms with E-state index >= 15 is 0 Å². The molecule has 0 saturated heterocycles. The summed E-state index contributed by atoms with van der Waals surface area (Å²) in [6.45, 7) is 0. The maximum Gasteiger partial charge on any atom is 0.293 e. The van der Waals surface area contributed by atoms with Gasteiger partial charge in [0.2, 0.25) is 0 Å². The fraction of sp³-hybridized carbons (Fsp3) is 0.500. The van der Waals surface area contributed by atoms with Gasteiger partial charge in [0.05, 0.1) is 15.5 Å². The predicted molar refractivity (Wildman–Crippen MR) is 72.8 cm³/mol. The van der Waals surface area contributed by atoms with Gasteiger partial charge < -0.3 is 10.1 Å². The molecule has 1 aliphatic carbocycles. The summed E-state index contributed by atoms with van der Waals surface area (Å²) >= 11 is 2.95. The van der Waals surface area contributed by atoms with Gasteiger partial charge in [0, 0.05) is 25.3 Å². The van der Waals surface area contributed by atoms with Crippen LogP contribution in [0.5, 0.6) is 0 Å². The zero-order valence-electron chi connectivity index (χ0n) is 10.4.